The first-order chi connectivity index (χ1) is 13.8. The lowest BCUT2D eigenvalue weighted by molar-refractivity contribution is -0.00128. The Balaban J connectivity index is 1.24. The van der Waals surface area contributed by atoms with Gasteiger partial charge in [0.15, 0.2) is 17.2 Å². The average molecular weight is 397 g/mol. The molecule has 3 aromatic rings. The van der Waals surface area contributed by atoms with E-state index in [0.717, 1.165) is 29.2 Å². The molecule has 0 saturated carbocycles. The molecule has 8 heteroatoms. The number of fused-ring (bicyclic) bond motifs is 2. The molecule has 2 aliphatic heterocycles. The summed E-state index contributed by atoms with van der Waals surface area (Å²) in [6.45, 7) is 1.81. The van der Waals surface area contributed by atoms with Gasteiger partial charge < -0.3 is 19.5 Å². The Morgan fingerprint density at radius 2 is 2.18 bits per heavy atom. The fourth-order valence-electron chi connectivity index (χ4n) is 3.40. The number of ether oxygens (including phenoxy) is 3. The molecule has 4 heterocycles. The summed E-state index contributed by atoms with van der Waals surface area (Å²) in [7, 11) is 0. The van der Waals surface area contributed by atoms with Gasteiger partial charge in [-0.25, -0.2) is 0 Å². The van der Waals surface area contributed by atoms with Crippen molar-refractivity contribution in [2.75, 3.05) is 13.3 Å². The van der Waals surface area contributed by atoms with Gasteiger partial charge in [-0.1, -0.05) is 12.1 Å². The van der Waals surface area contributed by atoms with E-state index in [1.54, 1.807) is 17.4 Å². The third-order valence-corrected chi connectivity index (χ3v) is 5.81. The van der Waals surface area contributed by atoms with E-state index in [2.05, 4.69) is 16.5 Å². The summed E-state index contributed by atoms with van der Waals surface area (Å²) in [5.41, 5.74) is 2.34. The second-order valence-electron chi connectivity index (χ2n) is 6.70. The third-order valence-electron chi connectivity index (χ3n) is 4.87. The SMILES string of the molecule is O=C(NCCc1cccs1)c1cc2n(n1)C[C@H](c1ccc3c(c1)OCO3)OC2. The number of benzene rings is 1. The Kier molecular flexibility index (Phi) is 4.50. The van der Waals surface area contributed by atoms with Crippen LogP contribution in [0.3, 0.4) is 0 Å². The quantitative estimate of drug-likeness (QED) is 0.717. The van der Waals surface area contributed by atoms with Gasteiger partial charge in [-0.05, 0) is 41.6 Å². The van der Waals surface area contributed by atoms with Crippen molar-refractivity contribution >= 4 is 17.2 Å². The van der Waals surface area contributed by atoms with Crippen LogP contribution in [0.15, 0.2) is 41.8 Å². The minimum absolute atomic E-state index is 0.142. The van der Waals surface area contributed by atoms with Crippen LogP contribution >= 0.6 is 11.3 Å². The number of amides is 1. The minimum Gasteiger partial charge on any atom is -0.454 e. The molecule has 2 aliphatic rings. The standard InChI is InChI=1S/C20H19N3O4S/c24-20(21-6-5-15-2-1-7-28-15)16-9-14-11-25-19(10-23(14)22-16)13-3-4-17-18(8-13)27-12-26-17/h1-4,7-9,19H,5-6,10-12H2,(H,21,24)/t19-/m1/s1. The van der Waals surface area contributed by atoms with Crippen LogP contribution in [-0.4, -0.2) is 29.0 Å². The number of aromatic nitrogens is 2. The van der Waals surface area contributed by atoms with Crippen LogP contribution in [0.25, 0.3) is 0 Å². The van der Waals surface area contributed by atoms with Crippen molar-refractivity contribution in [3.63, 3.8) is 0 Å². The molecule has 0 bridgehead atoms. The van der Waals surface area contributed by atoms with Crippen LogP contribution in [-0.2, 0) is 24.3 Å². The van der Waals surface area contributed by atoms with E-state index in [1.807, 2.05) is 34.3 Å². The number of carbonyl (C=O) groups is 1. The Morgan fingerprint density at radius 3 is 3.07 bits per heavy atom. The molecule has 1 atom stereocenters. The van der Waals surface area contributed by atoms with Gasteiger partial charge in [0.25, 0.3) is 5.91 Å². The highest BCUT2D eigenvalue weighted by Crippen LogP contribution is 2.36. The van der Waals surface area contributed by atoms with Crippen LogP contribution in [0.5, 0.6) is 11.5 Å². The van der Waals surface area contributed by atoms with Gasteiger partial charge in [0, 0.05) is 11.4 Å². The van der Waals surface area contributed by atoms with Gasteiger partial charge in [-0.2, -0.15) is 5.10 Å². The highest BCUT2D eigenvalue weighted by atomic mass is 32.1. The van der Waals surface area contributed by atoms with Crippen LogP contribution in [0.1, 0.15) is 32.7 Å². The molecule has 0 spiro atoms. The third kappa shape index (κ3) is 3.36. The summed E-state index contributed by atoms with van der Waals surface area (Å²) in [5.74, 6) is 1.33. The van der Waals surface area contributed by atoms with Crippen molar-refractivity contribution in [3.05, 3.63) is 63.6 Å². The zero-order valence-corrected chi connectivity index (χ0v) is 15.9. The average Bonchev–Trinajstić information content (AvgIpc) is 3.46. The molecule has 1 amide bonds. The number of thiophene rings is 1. The predicted octanol–water partition coefficient (Wildman–Crippen LogP) is 2.92. The highest BCUT2D eigenvalue weighted by molar-refractivity contribution is 7.09. The molecule has 1 aromatic carbocycles. The summed E-state index contributed by atoms with van der Waals surface area (Å²) in [6.07, 6.45) is 0.684. The van der Waals surface area contributed by atoms with Gasteiger partial charge in [0.2, 0.25) is 6.79 Å². The molecule has 0 saturated heterocycles. The molecule has 0 fully saturated rings. The summed E-state index contributed by atoms with van der Waals surface area (Å²) >= 11 is 1.69. The molecular weight excluding hydrogens is 378 g/mol. The lowest BCUT2D eigenvalue weighted by atomic mass is 10.1. The summed E-state index contributed by atoms with van der Waals surface area (Å²) in [5, 5.41) is 9.46. The molecule has 2 aromatic heterocycles. The van der Waals surface area contributed by atoms with Crippen molar-refractivity contribution in [1.29, 1.82) is 0 Å². The number of nitrogens with one attached hydrogen (secondary N) is 1. The van der Waals surface area contributed by atoms with Crippen molar-refractivity contribution in [1.82, 2.24) is 15.1 Å². The fourth-order valence-corrected chi connectivity index (χ4v) is 4.11. The van der Waals surface area contributed by atoms with Gasteiger partial charge in [0.05, 0.1) is 18.8 Å². The first kappa shape index (κ1) is 17.3. The van der Waals surface area contributed by atoms with E-state index in [9.17, 15) is 4.79 Å². The first-order valence-corrected chi connectivity index (χ1v) is 10.0. The number of hydrogen-bond donors (Lipinski definition) is 1. The van der Waals surface area contributed by atoms with Crippen LogP contribution in [0, 0.1) is 0 Å². The van der Waals surface area contributed by atoms with Crippen molar-refractivity contribution in [2.45, 2.75) is 25.7 Å². The zero-order valence-electron chi connectivity index (χ0n) is 15.1. The van der Waals surface area contributed by atoms with E-state index in [-0.39, 0.29) is 18.8 Å². The molecule has 1 N–H and O–H groups in total. The van der Waals surface area contributed by atoms with E-state index in [0.29, 0.717) is 25.4 Å². The number of nitrogens with zero attached hydrogens (tertiary/aromatic N) is 2. The van der Waals surface area contributed by atoms with Crippen molar-refractivity contribution < 1.29 is 19.0 Å². The molecule has 28 heavy (non-hydrogen) atoms. The van der Waals surface area contributed by atoms with E-state index in [1.165, 1.54) is 4.88 Å². The number of hydrogen-bond acceptors (Lipinski definition) is 6. The molecule has 5 rings (SSSR count). The summed E-state index contributed by atoms with van der Waals surface area (Å²) in [4.78, 5) is 13.7. The molecule has 0 radical (unpaired) electrons. The second kappa shape index (κ2) is 7.29. The van der Waals surface area contributed by atoms with Gasteiger partial charge >= 0.3 is 0 Å². The van der Waals surface area contributed by atoms with Crippen LogP contribution < -0.4 is 14.8 Å². The Labute approximate surface area is 165 Å². The van der Waals surface area contributed by atoms with E-state index >= 15 is 0 Å². The van der Waals surface area contributed by atoms with Crippen molar-refractivity contribution in [2.24, 2.45) is 0 Å². The van der Waals surface area contributed by atoms with E-state index < -0.39 is 0 Å². The normalized spacial score (nSPS) is 17.4. The van der Waals surface area contributed by atoms with Crippen molar-refractivity contribution in [3.8, 4) is 11.5 Å². The second-order valence-corrected chi connectivity index (χ2v) is 7.73. The highest BCUT2D eigenvalue weighted by Gasteiger charge is 2.25. The molecule has 0 aliphatic carbocycles. The number of carbonyl (C=O) groups excluding carboxylic acids is 1. The molecule has 0 unspecified atom stereocenters. The molecular formula is C20H19N3O4S. The van der Waals surface area contributed by atoms with Gasteiger partial charge in [0.1, 0.15) is 6.10 Å². The lowest BCUT2D eigenvalue weighted by Crippen LogP contribution is -2.26. The van der Waals surface area contributed by atoms with Gasteiger partial charge in [-0.15, -0.1) is 11.3 Å². The Hall–Kier alpha value is -2.84. The maximum atomic E-state index is 12.4. The molecule has 144 valence electrons. The minimum atomic E-state index is -0.155. The summed E-state index contributed by atoms with van der Waals surface area (Å²) in [6, 6.07) is 11.7. The smallest absolute Gasteiger partial charge is 0.271 e. The summed E-state index contributed by atoms with van der Waals surface area (Å²) < 4.78 is 18.6. The largest absolute Gasteiger partial charge is 0.454 e. The van der Waals surface area contributed by atoms with Gasteiger partial charge in [-0.3, -0.25) is 9.48 Å². The van der Waals surface area contributed by atoms with Crippen LogP contribution in [0.4, 0.5) is 0 Å². The molecule has 7 nitrogen and oxygen atoms in total. The number of rotatable bonds is 5. The predicted molar refractivity (Wildman–Crippen MR) is 103 cm³/mol. The maximum Gasteiger partial charge on any atom is 0.271 e. The zero-order chi connectivity index (χ0) is 18.9. The monoisotopic (exact) mass is 397 g/mol. The fraction of sp³-hybridized carbons (Fsp3) is 0.300. The lowest BCUT2D eigenvalue weighted by Gasteiger charge is -2.24. The Bertz CT molecular complexity index is 999. The Morgan fingerprint density at radius 1 is 1.25 bits per heavy atom. The topological polar surface area (TPSA) is 74.6 Å². The first-order valence-electron chi connectivity index (χ1n) is 9.15. The van der Waals surface area contributed by atoms with Crippen LogP contribution in [0.2, 0.25) is 0 Å². The maximum absolute atomic E-state index is 12.4. The van der Waals surface area contributed by atoms with E-state index in [4.69, 9.17) is 14.2 Å².